The van der Waals surface area contributed by atoms with Crippen LogP contribution in [0.2, 0.25) is 5.02 Å². The van der Waals surface area contributed by atoms with Crippen molar-refractivity contribution < 1.29 is 9.90 Å². The second-order valence-corrected chi connectivity index (χ2v) is 5.69. The molecule has 3 aromatic rings. The summed E-state index contributed by atoms with van der Waals surface area (Å²) in [4.78, 5) is 25.9. The molecule has 0 spiro atoms. The van der Waals surface area contributed by atoms with Crippen molar-refractivity contribution in [1.29, 1.82) is 0 Å². The van der Waals surface area contributed by atoms with Crippen LogP contribution < -0.4 is 5.69 Å². The highest BCUT2D eigenvalue weighted by Crippen LogP contribution is 2.26. The number of aromatic carboxylic acids is 1. The minimum Gasteiger partial charge on any atom is -0.478 e. The van der Waals surface area contributed by atoms with Gasteiger partial charge in [-0.2, -0.15) is 0 Å². The summed E-state index contributed by atoms with van der Waals surface area (Å²) in [7, 11) is 0. The van der Waals surface area contributed by atoms with Crippen molar-refractivity contribution in [2.45, 2.75) is 0 Å². The van der Waals surface area contributed by atoms with Gasteiger partial charge in [0, 0.05) is 9.50 Å². The number of aromatic nitrogens is 2. The van der Waals surface area contributed by atoms with Gasteiger partial charge in [-0.3, -0.25) is 4.57 Å². The average molecular weight is 368 g/mol. The molecule has 3 rings (SSSR count). The zero-order chi connectivity index (χ0) is 15.1. The van der Waals surface area contributed by atoms with Gasteiger partial charge in [0.05, 0.1) is 22.3 Å². The Kier molecular flexibility index (Phi) is 3.35. The molecule has 0 unspecified atom stereocenters. The van der Waals surface area contributed by atoms with E-state index in [1.807, 2.05) is 0 Å². The fourth-order valence-electron chi connectivity index (χ4n) is 2.14. The molecule has 1 heterocycles. The third-order valence-corrected chi connectivity index (χ3v) is 3.95. The van der Waals surface area contributed by atoms with Crippen LogP contribution in [0.3, 0.4) is 0 Å². The maximum absolute atomic E-state index is 12.2. The van der Waals surface area contributed by atoms with Crippen molar-refractivity contribution in [3.63, 3.8) is 0 Å². The van der Waals surface area contributed by atoms with Crippen LogP contribution in [-0.2, 0) is 0 Å². The van der Waals surface area contributed by atoms with Crippen LogP contribution in [0.5, 0.6) is 0 Å². The maximum atomic E-state index is 12.2. The third-order valence-electron chi connectivity index (χ3n) is 3.08. The second-order valence-electron chi connectivity index (χ2n) is 4.40. The van der Waals surface area contributed by atoms with E-state index in [1.165, 1.54) is 16.7 Å². The van der Waals surface area contributed by atoms with Crippen LogP contribution in [0.15, 0.2) is 45.7 Å². The Morgan fingerprint density at radius 3 is 2.67 bits per heavy atom. The standard InChI is InChI=1S/C14H8BrClN2O3/c15-9-6-8(16)2-4-11(9)18-12-5-7(13(19)20)1-3-10(12)17-14(18)21/h1-6H,(H,17,21)(H,19,20). The Balaban J connectivity index is 2.35. The molecule has 106 valence electrons. The van der Waals surface area contributed by atoms with E-state index < -0.39 is 5.97 Å². The number of rotatable bonds is 2. The number of nitrogens with one attached hydrogen (secondary N) is 1. The molecule has 21 heavy (non-hydrogen) atoms. The zero-order valence-corrected chi connectivity index (χ0v) is 12.8. The van der Waals surface area contributed by atoms with Gasteiger partial charge in [-0.15, -0.1) is 0 Å². The van der Waals surface area contributed by atoms with Gasteiger partial charge in [0.2, 0.25) is 0 Å². The Hall–Kier alpha value is -2.05. The van der Waals surface area contributed by atoms with Gasteiger partial charge in [-0.05, 0) is 52.3 Å². The molecule has 0 radical (unpaired) electrons. The van der Waals surface area contributed by atoms with Crippen LogP contribution in [0, 0.1) is 0 Å². The molecule has 1 aromatic heterocycles. The summed E-state index contributed by atoms with van der Waals surface area (Å²) in [6.07, 6.45) is 0. The van der Waals surface area contributed by atoms with E-state index in [2.05, 4.69) is 20.9 Å². The molecule has 0 aliphatic rings. The van der Waals surface area contributed by atoms with Gasteiger partial charge in [0.25, 0.3) is 0 Å². The first kappa shape index (κ1) is 13.9. The number of carbonyl (C=O) groups is 1. The highest BCUT2D eigenvalue weighted by molar-refractivity contribution is 9.10. The molecule has 0 aliphatic heterocycles. The van der Waals surface area contributed by atoms with E-state index in [4.69, 9.17) is 16.7 Å². The summed E-state index contributed by atoms with van der Waals surface area (Å²) >= 11 is 9.26. The van der Waals surface area contributed by atoms with Crippen molar-refractivity contribution in [2.24, 2.45) is 0 Å². The number of carboxylic acids is 1. The minimum absolute atomic E-state index is 0.111. The highest BCUT2D eigenvalue weighted by Gasteiger charge is 2.14. The molecule has 0 saturated carbocycles. The van der Waals surface area contributed by atoms with Crippen LogP contribution in [0.1, 0.15) is 10.4 Å². The number of hydrogen-bond donors (Lipinski definition) is 2. The van der Waals surface area contributed by atoms with Crippen molar-refractivity contribution in [2.75, 3.05) is 0 Å². The Morgan fingerprint density at radius 1 is 1.24 bits per heavy atom. The van der Waals surface area contributed by atoms with Crippen LogP contribution in [0.25, 0.3) is 16.7 Å². The average Bonchev–Trinajstić information content (AvgIpc) is 2.74. The predicted molar refractivity (Wildman–Crippen MR) is 83.6 cm³/mol. The molecule has 2 aromatic carbocycles. The Morgan fingerprint density at radius 2 is 2.00 bits per heavy atom. The predicted octanol–water partition coefficient (Wildman–Crippen LogP) is 3.43. The lowest BCUT2D eigenvalue weighted by Crippen LogP contribution is -2.15. The first-order valence-electron chi connectivity index (χ1n) is 5.91. The smallest absolute Gasteiger partial charge is 0.335 e. The minimum atomic E-state index is -1.05. The molecule has 5 nitrogen and oxygen atoms in total. The normalized spacial score (nSPS) is 11.0. The first-order valence-corrected chi connectivity index (χ1v) is 7.08. The number of H-pyrrole nitrogens is 1. The summed E-state index contributed by atoms with van der Waals surface area (Å²) in [6, 6.07) is 9.49. The lowest BCUT2D eigenvalue weighted by atomic mass is 10.2. The number of aromatic amines is 1. The maximum Gasteiger partial charge on any atom is 0.335 e. The molecule has 0 fully saturated rings. The topological polar surface area (TPSA) is 75.1 Å². The van der Waals surface area contributed by atoms with E-state index in [-0.39, 0.29) is 11.3 Å². The van der Waals surface area contributed by atoms with E-state index in [1.54, 1.807) is 24.3 Å². The van der Waals surface area contributed by atoms with E-state index in [0.717, 1.165) is 0 Å². The molecule has 0 aliphatic carbocycles. The second kappa shape index (κ2) is 5.05. The van der Waals surface area contributed by atoms with Crippen molar-refractivity contribution in [3.8, 4) is 5.69 Å². The summed E-state index contributed by atoms with van der Waals surface area (Å²) in [5.74, 6) is -1.05. The van der Waals surface area contributed by atoms with E-state index >= 15 is 0 Å². The third kappa shape index (κ3) is 2.36. The number of imidazole rings is 1. The lowest BCUT2D eigenvalue weighted by molar-refractivity contribution is 0.0697. The zero-order valence-electron chi connectivity index (χ0n) is 10.4. The fraction of sp³-hybridized carbons (Fsp3) is 0. The van der Waals surface area contributed by atoms with Crippen LogP contribution in [-0.4, -0.2) is 20.6 Å². The number of carboxylic acid groups (broad SMARTS) is 1. The summed E-state index contributed by atoms with van der Waals surface area (Å²) < 4.78 is 2.04. The van der Waals surface area contributed by atoms with Gasteiger partial charge >= 0.3 is 11.7 Å². The van der Waals surface area contributed by atoms with Gasteiger partial charge < -0.3 is 10.1 Å². The van der Waals surface area contributed by atoms with E-state index in [9.17, 15) is 9.59 Å². The molecule has 7 heteroatoms. The van der Waals surface area contributed by atoms with Gasteiger partial charge in [-0.1, -0.05) is 11.6 Å². The van der Waals surface area contributed by atoms with Gasteiger partial charge in [0.1, 0.15) is 0 Å². The Labute approximate surface area is 131 Å². The van der Waals surface area contributed by atoms with Crippen LogP contribution in [0.4, 0.5) is 0 Å². The quantitative estimate of drug-likeness (QED) is 0.728. The Bertz CT molecular complexity index is 930. The molecule has 2 N–H and O–H groups in total. The monoisotopic (exact) mass is 366 g/mol. The number of halogens is 2. The molecular weight excluding hydrogens is 360 g/mol. The van der Waals surface area contributed by atoms with Crippen molar-refractivity contribution in [1.82, 2.24) is 9.55 Å². The van der Waals surface area contributed by atoms with E-state index in [0.29, 0.717) is 26.2 Å². The molecular formula is C14H8BrClN2O3. The summed E-state index contributed by atoms with van der Waals surface area (Å²) in [6.45, 7) is 0. The number of fused-ring (bicyclic) bond motifs is 1. The molecule has 0 atom stereocenters. The number of hydrogen-bond acceptors (Lipinski definition) is 2. The fourth-order valence-corrected chi connectivity index (χ4v) is 3.00. The number of benzene rings is 2. The van der Waals surface area contributed by atoms with Crippen molar-refractivity contribution >= 4 is 44.5 Å². The largest absolute Gasteiger partial charge is 0.478 e. The van der Waals surface area contributed by atoms with Gasteiger partial charge in [0.15, 0.2) is 0 Å². The SMILES string of the molecule is O=C(O)c1ccc2[nH]c(=O)n(-c3ccc(Cl)cc3Br)c2c1. The molecule has 0 amide bonds. The van der Waals surface area contributed by atoms with Crippen LogP contribution >= 0.6 is 27.5 Å². The highest BCUT2D eigenvalue weighted by atomic mass is 79.9. The van der Waals surface area contributed by atoms with Crippen molar-refractivity contribution in [3.05, 3.63) is 61.9 Å². The molecule has 0 bridgehead atoms. The summed E-state index contributed by atoms with van der Waals surface area (Å²) in [5.41, 5.74) is 1.39. The lowest BCUT2D eigenvalue weighted by Gasteiger charge is -2.07. The number of nitrogens with zero attached hydrogens (tertiary/aromatic N) is 1. The van der Waals surface area contributed by atoms with Gasteiger partial charge in [-0.25, -0.2) is 9.59 Å². The molecule has 0 saturated heterocycles. The summed E-state index contributed by atoms with van der Waals surface area (Å²) in [5, 5.41) is 9.61. The first-order chi connectivity index (χ1) is 9.97.